The largest absolute Gasteiger partial charge is 0.371 e. The van der Waals surface area contributed by atoms with Gasteiger partial charge in [-0.05, 0) is 44.2 Å². The first-order valence-corrected chi connectivity index (χ1v) is 8.21. The van der Waals surface area contributed by atoms with Crippen LogP contribution in [0.1, 0.15) is 32.1 Å². The maximum absolute atomic E-state index is 6.24. The molecule has 0 bridgehead atoms. The predicted molar refractivity (Wildman–Crippen MR) is 81.1 cm³/mol. The highest BCUT2D eigenvalue weighted by atomic mass is 16.5. The van der Waals surface area contributed by atoms with Gasteiger partial charge in [-0.15, -0.1) is 0 Å². The van der Waals surface area contributed by atoms with Crippen molar-refractivity contribution >= 4 is 5.95 Å². The van der Waals surface area contributed by atoms with Gasteiger partial charge in [0.05, 0.1) is 18.2 Å². The van der Waals surface area contributed by atoms with Crippen LogP contribution in [0.2, 0.25) is 0 Å². The summed E-state index contributed by atoms with van der Waals surface area (Å²) in [5, 5.41) is 3.41. The SMILES string of the molecule is c1cnc(NC2COC3(CCCN(CC4CC4)C3)C2)nc1. The predicted octanol–water partition coefficient (Wildman–Crippen LogP) is 1.92. The fourth-order valence-electron chi connectivity index (χ4n) is 3.79. The van der Waals surface area contributed by atoms with Crippen molar-refractivity contribution in [1.82, 2.24) is 14.9 Å². The number of nitrogens with one attached hydrogen (secondary N) is 1. The number of hydrogen-bond donors (Lipinski definition) is 1. The molecule has 3 aliphatic rings. The maximum Gasteiger partial charge on any atom is 0.222 e. The summed E-state index contributed by atoms with van der Waals surface area (Å²) in [6.07, 6.45) is 9.95. The van der Waals surface area contributed by atoms with Crippen LogP contribution in [0.25, 0.3) is 0 Å². The van der Waals surface area contributed by atoms with Crippen molar-refractivity contribution in [3.8, 4) is 0 Å². The third-order valence-corrected chi connectivity index (χ3v) is 4.94. The van der Waals surface area contributed by atoms with Gasteiger partial charge >= 0.3 is 0 Å². The number of likely N-dealkylation sites (tertiary alicyclic amines) is 1. The second-order valence-electron chi connectivity index (χ2n) is 6.89. The van der Waals surface area contributed by atoms with Crippen molar-refractivity contribution in [2.24, 2.45) is 5.92 Å². The van der Waals surface area contributed by atoms with Crippen molar-refractivity contribution in [1.29, 1.82) is 0 Å². The summed E-state index contributed by atoms with van der Waals surface area (Å²) < 4.78 is 6.24. The van der Waals surface area contributed by atoms with E-state index in [1.165, 1.54) is 38.8 Å². The summed E-state index contributed by atoms with van der Waals surface area (Å²) >= 11 is 0. The minimum atomic E-state index is 0.0690. The average Bonchev–Trinajstić information content (AvgIpc) is 3.23. The third kappa shape index (κ3) is 3.19. The fourth-order valence-corrected chi connectivity index (χ4v) is 3.79. The number of nitrogens with zero attached hydrogens (tertiary/aromatic N) is 3. The highest BCUT2D eigenvalue weighted by molar-refractivity contribution is 5.25. The summed E-state index contributed by atoms with van der Waals surface area (Å²) in [5.74, 6) is 1.68. The van der Waals surface area contributed by atoms with E-state index < -0.39 is 0 Å². The lowest BCUT2D eigenvalue weighted by Crippen LogP contribution is -2.48. The quantitative estimate of drug-likeness (QED) is 0.917. The van der Waals surface area contributed by atoms with E-state index in [9.17, 15) is 0 Å². The Morgan fingerprint density at radius 2 is 2.19 bits per heavy atom. The van der Waals surface area contributed by atoms with Crippen LogP contribution in [0.5, 0.6) is 0 Å². The molecule has 4 rings (SSSR count). The summed E-state index contributed by atoms with van der Waals surface area (Å²) in [5.41, 5.74) is 0.0690. The second kappa shape index (κ2) is 5.54. The Labute approximate surface area is 126 Å². The molecular formula is C16H24N4O. The number of piperidine rings is 1. The van der Waals surface area contributed by atoms with Crippen molar-refractivity contribution in [2.45, 2.75) is 43.7 Å². The number of hydrogen-bond acceptors (Lipinski definition) is 5. The molecule has 1 aromatic heterocycles. The van der Waals surface area contributed by atoms with Gasteiger partial charge in [0, 0.05) is 31.9 Å². The summed E-state index contributed by atoms with van der Waals surface area (Å²) in [6.45, 7) is 4.42. The Morgan fingerprint density at radius 3 is 3.00 bits per heavy atom. The molecular weight excluding hydrogens is 264 g/mol. The first-order chi connectivity index (χ1) is 10.3. The molecule has 2 atom stereocenters. The first-order valence-electron chi connectivity index (χ1n) is 8.21. The molecule has 3 fully saturated rings. The lowest BCUT2D eigenvalue weighted by Gasteiger charge is -2.39. The van der Waals surface area contributed by atoms with E-state index in [2.05, 4.69) is 20.2 Å². The van der Waals surface area contributed by atoms with Gasteiger partial charge in [-0.1, -0.05) is 0 Å². The van der Waals surface area contributed by atoms with Crippen molar-refractivity contribution in [2.75, 3.05) is 31.6 Å². The van der Waals surface area contributed by atoms with E-state index >= 15 is 0 Å². The van der Waals surface area contributed by atoms with Crippen molar-refractivity contribution in [3.05, 3.63) is 18.5 Å². The molecule has 5 nitrogen and oxygen atoms in total. The Bertz CT molecular complexity index is 478. The van der Waals surface area contributed by atoms with Crippen LogP contribution in [0.3, 0.4) is 0 Å². The molecule has 1 aliphatic carbocycles. The van der Waals surface area contributed by atoms with E-state index in [4.69, 9.17) is 4.74 Å². The Balaban J connectivity index is 1.35. The smallest absolute Gasteiger partial charge is 0.222 e. The molecule has 2 unspecified atom stereocenters. The van der Waals surface area contributed by atoms with Gasteiger partial charge in [0.25, 0.3) is 0 Å². The standard InChI is InChI=1S/C16H24N4O/c1-5-16(12-20(8-1)10-13-3-4-13)9-14(11-21-16)19-15-17-6-2-7-18-15/h2,6-7,13-14H,1,3-5,8-12H2,(H,17,18,19). The van der Waals surface area contributed by atoms with Crippen LogP contribution in [0, 0.1) is 5.92 Å². The zero-order valence-corrected chi connectivity index (χ0v) is 12.5. The van der Waals surface area contributed by atoms with Crippen molar-refractivity contribution < 1.29 is 4.74 Å². The minimum absolute atomic E-state index is 0.0690. The molecule has 3 heterocycles. The van der Waals surface area contributed by atoms with Crippen LogP contribution in [-0.4, -0.2) is 52.8 Å². The zero-order chi connectivity index (χ0) is 14.1. The normalized spacial score (nSPS) is 33.4. The molecule has 2 aliphatic heterocycles. The van der Waals surface area contributed by atoms with Gasteiger partial charge in [-0.25, -0.2) is 9.97 Å². The number of rotatable bonds is 4. The topological polar surface area (TPSA) is 50.3 Å². The minimum Gasteiger partial charge on any atom is -0.371 e. The molecule has 21 heavy (non-hydrogen) atoms. The second-order valence-corrected chi connectivity index (χ2v) is 6.89. The number of ether oxygens (including phenoxy) is 1. The molecule has 2 saturated heterocycles. The number of aromatic nitrogens is 2. The molecule has 0 aromatic carbocycles. The summed E-state index contributed by atoms with van der Waals surface area (Å²) in [7, 11) is 0. The summed E-state index contributed by atoms with van der Waals surface area (Å²) in [4.78, 5) is 11.1. The fraction of sp³-hybridized carbons (Fsp3) is 0.750. The molecule has 114 valence electrons. The molecule has 1 spiro atoms. The van der Waals surface area contributed by atoms with E-state index in [-0.39, 0.29) is 5.60 Å². The van der Waals surface area contributed by atoms with Gasteiger partial charge in [-0.2, -0.15) is 0 Å². The molecule has 1 saturated carbocycles. The van der Waals surface area contributed by atoms with Crippen LogP contribution in [-0.2, 0) is 4.74 Å². The maximum atomic E-state index is 6.24. The Kier molecular flexibility index (Phi) is 3.55. The monoisotopic (exact) mass is 288 g/mol. The third-order valence-electron chi connectivity index (χ3n) is 4.94. The van der Waals surface area contributed by atoms with Gasteiger partial charge in [-0.3, -0.25) is 0 Å². The Morgan fingerprint density at radius 1 is 1.33 bits per heavy atom. The van der Waals surface area contributed by atoms with E-state index in [1.807, 2.05) is 6.07 Å². The van der Waals surface area contributed by atoms with Crippen LogP contribution in [0.15, 0.2) is 18.5 Å². The lowest BCUT2D eigenvalue weighted by molar-refractivity contribution is -0.0521. The molecule has 5 heteroatoms. The molecule has 0 radical (unpaired) electrons. The van der Waals surface area contributed by atoms with E-state index in [0.717, 1.165) is 25.5 Å². The number of anilines is 1. The first kappa shape index (κ1) is 13.5. The van der Waals surface area contributed by atoms with Gasteiger partial charge in [0.15, 0.2) is 0 Å². The van der Waals surface area contributed by atoms with Crippen molar-refractivity contribution in [3.63, 3.8) is 0 Å². The van der Waals surface area contributed by atoms with Gasteiger partial charge in [0.2, 0.25) is 5.95 Å². The van der Waals surface area contributed by atoms with Crippen LogP contribution >= 0.6 is 0 Å². The van der Waals surface area contributed by atoms with Gasteiger partial charge in [0.1, 0.15) is 0 Å². The highest BCUT2D eigenvalue weighted by Gasteiger charge is 2.44. The van der Waals surface area contributed by atoms with E-state index in [1.54, 1.807) is 12.4 Å². The molecule has 0 amide bonds. The zero-order valence-electron chi connectivity index (χ0n) is 12.5. The molecule has 1 aromatic rings. The van der Waals surface area contributed by atoms with E-state index in [0.29, 0.717) is 12.0 Å². The molecule has 1 N–H and O–H groups in total. The van der Waals surface area contributed by atoms with Crippen LogP contribution < -0.4 is 5.32 Å². The summed E-state index contributed by atoms with van der Waals surface area (Å²) in [6, 6.07) is 2.18. The lowest BCUT2D eigenvalue weighted by atomic mass is 9.88. The average molecular weight is 288 g/mol. The highest BCUT2D eigenvalue weighted by Crippen LogP contribution is 2.37. The van der Waals surface area contributed by atoms with Crippen LogP contribution in [0.4, 0.5) is 5.95 Å². The van der Waals surface area contributed by atoms with Gasteiger partial charge < -0.3 is 15.0 Å². The Hall–Kier alpha value is -1.20.